The average Bonchev–Trinajstić information content (AvgIpc) is 2.75. The number of para-hydroxylation sites is 1. The molecule has 1 saturated carbocycles. The molecule has 0 N–H and O–H groups in total. The summed E-state index contributed by atoms with van der Waals surface area (Å²) in [5.74, 6) is 1.75. The van der Waals surface area contributed by atoms with Crippen LogP contribution in [0.5, 0.6) is 5.75 Å². The number of methoxy groups -OCH3 is 1. The number of fused-ring (bicyclic) bond motifs is 1. The Morgan fingerprint density at radius 2 is 1.93 bits per heavy atom. The Bertz CT molecular complexity index is 593. The normalized spacial score (nSPS) is 32.0. The maximum Gasteiger partial charge on any atom is 0.119 e. The Kier molecular flexibility index (Phi) is 6.89. The maximum atomic E-state index is 5.94. The van der Waals surface area contributed by atoms with Crippen LogP contribution in [0.1, 0.15) is 25.7 Å². The number of rotatable bonds is 7. The van der Waals surface area contributed by atoms with Crippen molar-refractivity contribution in [3.05, 3.63) is 30.3 Å². The summed E-state index contributed by atoms with van der Waals surface area (Å²) in [6, 6.07) is 10.9. The van der Waals surface area contributed by atoms with E-state index in [0.29, 0.717) is 5.41 Å². The van der Waals surface area contributed by atoms with Gasteiger partial charge in [-0.05, 0) is 50.3 Å². The highest BCUT2D eigenvalue weighted by Gasteiger charge is 2.47. The molecule has 5 heteroatoms. The van der Waals surface area contributed by atoms with E-state index in [9.17, 15) is 0 Å². The topological polar surface area (TPSA) is 34.2 Å². The lowest BCUT2D eigenvalue weighted by Gasteiger charge is -2.54. The zero-order valence-electron chi connectivity index (χ0n) is 17.4. The number of morpholine rings is 1. The first-order valence-corrected chi connectivity index (χ1v) is 11.0. The maximum absolute atomic E-state index is 5.94. The molecule has 3 atom stereocenters. The number of piperidine rings is 1. The van der Waals surface area contributed by atoms with Crippen LogP contribution in [0.25, 0.3) is 0 Å². The van der Waals surface area contributed by atoms with E-state index < -0.39 is 0 Å². The van der Waals surface area contributed by atoms with Crippen molar-refractivity contribution in [2.24, 2.45) is 11.3 Å². The van der Waals surface area contributed by atoms with Crippen molar-refractivity contribution in [1.82, 2.24) is 9.80 Å². The molecule has 0 amide bonds. The van der Waals surface area contributed by atoms with Gasteiger partial charge in [0.25, 0.3) is 0 Å². The van der Waals surface area contributed by atoms with Crippen molar-refractivity contribution in [3.63, 3.8) is 0 Å². The summed E-state index contributed by atoms with van der Waals surface area (Å²) >= 11 is 0. The number of benzene rings is 1. The minimum atomic E-state index is 0.322. The quantitative estimate of drug-likeness (QED) is 0.718. The monoisotopic (exact) mass is 388 g/mol. The lowest BCUT2D eigenvalue weighted by molar-refractivity contribution is -0.0866. The number of hydrogen-bond donors (Lipinski definition) is 0. The molecule has 3 aliphatic rings. The molecular formula is C23H36N2O3. The van der Waals surface area contributed by atoms with Crippen LogP contribution in [-0.2, 0) is 9.47 Å². The van der Waals surface area contributed by atoms with Gasteiger partial charge >= 0.3 is 0 Å². The van der Waals surface area contributed by atoms with Gasteiger partial charge in [0.15, 0.2) is 0 Å². The SMILES string of the molecule is COC[C@]12CC[C@H](N3CCOCC3)C[C@@H]1CCN(CCOc1ccccc1)C2. The third kappa shape index (κ3) is 4.70. The molecule has 1 aromatic rings. The second-order valence-electron chi connectivity index (χ2n) is 8.80. The standard InChI is InChI=1S/C23H36N2O3/c1-26-19-23-9-7-21(25-12-14-27-15-13-25)17-20(23)8-10-24(18-23)11-16-28-22-5-3-2-4-6-22/h2-6,20-21H,7-19H2,1H3/t20-,21-,23+/m0/s1. The molecule has 2 heterocycles. The molecule has 4 rings (SSSR count). The highest BCUT2D eigenvalue weighted by molar-refractivity contribution is 5.20. The van der Waals surface area contributed by atoms with Gasteiger partial charge in [0.2, 0.25) is 0 Å². The second kappa shape index (κ2) is 9.57. The van der Waals surface area contributed by atoms with Crippen molar-refractivity contribution in [2.45, 2.75) is 31.7 Å². The zero-order valence-corrected chi connectivity index (χ0v) is 17.4. The summed E-state index contributed by atoms with van der Waals surface area (Å²) in [6.07, 6.45) is 5.20. The Hall–Kier alpha value is -1.14. The molecule has 0 bridgehead atoms. The summed E-state index contributed by atoms with van der Waals surface area (Å²) < 4.78 is 17.3. The molecule has 3 fully saturated rings. The van der Waals surface area contributed by atoms with Gasteiger partial charge in [0.1, 0.15) is 12.4 Å². The Morgan fingerprint density at radius 3 is 2.71 bits per heavy atom. The van der Waals surface area contributed by atoms with Gasteiger partial charge < -0.3 is 14.2 Å². The summed E-state index contributed by atoms with van der Waals surface area (Å²) in [5.41, 5.74) is 0.322. The first-order valence-electron chi connectivity index (χ1n) is 11.0. The van der Waals surface area contributed by atoms with Crippen LogP contribution < -0.4 is 4.74 Å². The lowest BCUT2D eigenvalue weighted by atomic mass is 9.62. The van der Waals surface area contributed by atoms with Gasteiger partial charge in [-0.25, -0.2) is 0 Å². The van der Waals surface area contributed by atoms with E-state index in [0.717, 1.165) is 70.3 Å². The van der Waals surface area contributed by atoms with Crippen molar-refractivity contribution in [2.75, 3.05) is 66.3 Å². The second-order valence-corrected chi connectivity index (χ2v) is 8.80. The van der Waals surface area contributed by atoms with Crippen LogP contribution in [0.15, 0.2) is 30.3 Å². The van der Waals surface area contributed by atoms with Crippen LogP contribution in [0.4, 0.5) is 0 Å². The Labute approximate surface area is 169 Å². The number of nitrogens with zero attached hydrogens (tertiary/aromatic N) is 2. The van der Waals surface area contributed by atoms with Gasteiger partial charge in [-0.1, -0.05) is 18.2 Å². The van der Waals surface area contributed by atoms with Crippen molar-refractivity contribution in [3.8, 4) is 5.75 Å². The number of likely N-dealkylation sites (tertiary alicyclic amines) is 1. The molecule has 0 radical (unpaired) electrons. The van der Waals surface area contributed by atoms with Crippen LogP contribution in [0.2, 0.25) is 0 Å². The molecule has 0 aromatic heterocycles. The first-order chi connectivity index (χ1) is 13.8. The fourth-order valence-electron chi connectivity index (χ4n) is 5.65. The van der Waals surface area contributed by atoms with Crippen LogP contribution in [-0.4, -0.2) is 82.1 Å². The molecule has 2 saturated heterocycles. The van der Waals surface area contributed by atoms with E-state index >= 15 is 0 Å². The van der Waals surface area contributed by atoms with Crippen LogP contribution >= 0.6 is 0 Å². The van der Waals surface area contributed by atoms with E-state index in [1.807, 2.05) is 37.4 Å². The minimum Gasteiger partial charge on any atom is -0.492 e. The summed E-state index contributed by atoms with van der Waals surface area (Å²) in [4.78, 5) is 5.29. The largest absolute Gasteiger partial charge is 0.492 e. The molecule has 2 aliphatic heterocycles. The molecule has 0 unspecified atom stereocenters. The van der Waals surface area contributed by atoms with Crippen molar-refractivity contribution < 1.29 is 14.2 Å². The summed E-state index contributed by atoms with van der Waals surface area (Å²) in [5, 5.41) is 0. The third-order valence-corrected chi connectivity index (χ3v) is 7.14. The van der Waals surface area contributed by atoms with Gasteiger partial charge in [0, 0.05) is 44.7 Å². The van der Waals surface area contributed by atoms with E-state index in [2.05, 4.69) is 9.80 Å². The summed E-state index contributed by atoms with van der Waals surface area (Å²) in [6.45, 7) is 9.01. The summed E-state index contributed by atoms with van der Waals surface area (Å²) in [7, 11) is 1.87. The molecule has 1 aliphatic carbocycles. The van der Waals surface area contributed by atoms with Gasteiger partial charge in [-0.15, -0.1) is 0 Å². The first kappa shape index (κ1) is 20.1. The van der Waals surface area contributed by atoms with Gasteiger partial charge in [-0.3, -0.25) is 9.80 Å². The molecule has 5 nitrogen and oxygen atoms in total. The number of hydrogen-bond acceptors (Lipinski definition) is 5. The molecule has 156 valence electrons. The minimum absolute atomic E-state index is 0.322. The molecule has 0 spiro atoms. The van der Waals surface area contributed by atoms with E-state index in [-0.39, 0.29) is 0 Å². The predicted octanol–water partition coefficient (Wildman–Crippen LogP) is 2.90. The van der Waals surface area contributed by atoms with E-state index in [4.69, 9.17) is 14.2 Å². The fourth-order valence-corrected chi connectivity index (χ4v) is 5.65. The smallest absolute Gasteiger partial charge is 0.119 e. The van der Waals surface area contributed by atoms with E-state index in [1.165, 1.54) is 32.2 Å². The van der Waals surface area contributed by atoms with Crippen molar-refractivity contribution in [1.29, 1.82) is 0 Å². The Balaban J connectivity index is 1.32. The average molecular weight is 389 g/mol. The van der Waals surface area contributed by atoms with Gasteiger partial charge in [-0.2, -0.15) is 0 Å². The number of ether oxygens (including phenoxy) is 3. The van der Waals surface area contributed by atoms with Crippen LogP contribution in [0, 0.1) is 11.3 Å². The fraction of sp³-hybridized carbons (Fsp3) is 0.739. The molecule has 1 aromatic carbocycles. The third-order valence-electron chi connectivity index (χ3n) is 7.14. The van der Waals surface area contributed by atoms with Gasteiger partial charge in [0.05, 0.1) is 19.8 Å². The lowest BCUT2D eigenvalue weighted by Crippen LogP contribution is -2.57. The Morgan fingerprint density at radius 1 is 1.11 bits per heavy atom. The highest BCUT2D eigenvalue weighted by Crippen LogP contribution is 2.47. The highest BCUT2D eigenvalue weighted by atomic mass is 16.5. The van der Waals surface area contributed by atoms with Crippen LogP contribution in [0.3, 0.4) is 0 Å². The predicted molar refractivity (Wildman–Crippen MR) is 111 cm³/mol. The zero-order chi connectivity index (χ0) is 19.2. The molecule has 28 heavy (non-hydrogen) atoms. The molecular weight excluding hydrogens is 352 g/mol. The van der Waals surface area contributed by atoms with Crippen molar-refractivity contribution >= 4 is 0 Å². The van der Waals surface area contributed by atoms with E-state index in [1.54, 1.807) is 0 Å².